The number of halogens is 1. The molecule has 31 heavy (non-hydrogen) atoms. The van der Waals surface area contributed by atoms with Crippen LogP contribution in [0.1, 0.15) is 52.9 Å². The van der Waals surface area contributed by atoms with Crippen LogP contribution in [0.2, 0.25) is 0 Å². The fourth-order valence-corrected chi connectivity index (χ4v) is 4.97. The number of thioether (sulfide) groups is 1. The van der Waals surface area contributed by atoms with Crippen LogP contribution in [0.5, 0.6) is 5.75 Å². The highest BCUT2D eigenvalue weighted by Crippen LogP contribution is 2.42. The van der Waals surface area contributed by atoms with E-state index in [1.807, 2.05) is 25.4 Å². The van der Waals surface area contributed by atoms with E-state index in [0.717, 1.165) is 35.1 Å². The van der Waals surface area contributed by atoms with Crippen LogP contribution in [-0.4, -0.2) is 48.3 Å². The fraction of sp³-hybridized carbons (Fsp3) is 0.609. The topological polar surface area (TPSA) is 53.0 Å². The third-order valence-electron chi connectivity index (χ3n) is 4.93. The Hall–Kier alpha value is -1.38. The van der Waals surface area contributed by atoms with Gasteiger partial charge in [-0.05, 0) is 42.8 Å². The molecule has 2 aliphatic rings. The summed E-state index contributed by atoms with van der Waals surface area (Å²) in [6.45, 7) is 9.36. The van der Waals surface area contributed by atoms with Crippen molar-refractivity contribution in [3.8, 4) is 5.75 Å². The number of aliphatic carboxylic acids is 1. The molecule has 8 heteroatoms. The summed E-state index contributed by atoms with van der Waals surface area (Å²) in [5.41, 5.74) is 1.26. The second-order valence-electron chi connectivity index (χ2n) is 9.05. The van der Waals surface area contributed by atoms with Crippen molar-refractivity contribution in [3.63, 3.8) is 0 Å². The number of rotatable bonds is 5. The Kier molecular flexibility index (Phi) is 10.0. The van der Waals surface area contributed by atoms with Gasteiger partial charge < -0.3 is 14.7 Å². The Morgan fingerprint density at radius 2 is 1.84 bits per heavy atom. The number of likely N-dealkylation sites (N-methyl/N-ethyl adjacent to an activating group) is 1. The highest BCUT2D eigenvalue weighted by atomic mass is 32.2. The average Bonchev–Trinajstić information content (AvgIpc) is 3.24. The van der Waals surface area contributed by atoms with Gasteiger partial charge in [-0.15, -0.1) is 11.8 Å². The van der Waals surface area contributed by atoms with Gasteiger partial charge in [0.1, 0.15) is 12.0 Å². The lowest BCUT2D eigenvalue weighted by Gasteiger charge is -2.32. The average molecular weight is 471 g/mol. The number of nitrogens with zero attached hydrogens (tertiary/aromatic N) is 2. The number of hydrogen-bond acceptors (Lipinski definition) is 6. The van der Waals surface area contributed by atoms with Gasteiger partial charge in [0.25, 0.3) is 0 Å². The molecule has 1 aromatic carbocycles. The summed E-state index contributed by atoms with van der Waals surface area (Å²) < 4.78 is 20.8. The van der Waals surface area contributed by atoms with E-state index in [-0.39, 0.29) is 5.41 Å². The van der Waals surface area contributed by atoms with Gasteiger partial charge in [0.05, 0.1) is 15.5 Å². The Morgan fingerprint density at radius 3 is 2.35 bits per heavy atom. The molecule has 0 spiro atoms. The van der Waals surface area contributed by atoms with Gasteiger partial charge in [0.2, 0.25) is 5.83 Å². The molecular weight excluding hydrogens is 435 g/mol. The Labute approximate surface area is 194 Å². The van der Waals surface area contributed by atoms with E-state index in [0.29, 0.717) is 12.0 Å². The number of benzene rings is 1. The predicted molar refractivity (Wildman–Crippen MR) is 129 cm³/mol. The third-order valence-corrected chi connectivity index (χ3v) is 6.71. The van der Waals surface area contributed by atoms with Crippen LogP contribution < -0.4 is 9.64 Å². The van der Waals surface area contributed by atoms with Crippen LogP contribution in [0.3, 0.4) is 0 Å². The molecule has 3 rings (SSSR count). The van der Waals surface area contributed by atoms with Crippen molar-refractivity contribution < 1.29 is 19.0 Å². The molecular formula is C23H35FN2O3S2. The Morgan fingerprint density at radius 1 is 1.23 bits per heavy atom. The number of carboxylic acid groups (broad SMARTS) is 1. The zero-order valence-corrected chi connectivity index (χ0v) is 20.9. The minimum absolute atomic E-state index is 0.146. The number of fused-ring (bicyclic) bond motifs is 1. The van der Waals surface area contributed by atoms with Crippen LogP contribution in [0.4, 0.5) is 10.1 Å². The summed E-state index contributed by atoms with van der Waals surface area (Å²) in [6, 6.07) is 3.90. The molecule has 1 aliphatic carbocycles. The van der Waals surface area contributed by atoms with Crippen LogP contribution in [0.15, 0.2) is 34.0 Å². The van der Waals surface area contributed by atoms with Gasteiger partial charge in [-0.25, -0.2) is 9.10 Å². The second kappa shape index (κ2) is 12.0. The molecule has 1 saturated carbocycles. The molecule has 0 radical (unpaired) electrons. The first-order valence-corrected chi connectivity index (χ1v) is 12.7. The monoisotopic (exact) mass is 470 g/mol. The SMILES string of the molecule is C1CCCC1.CSc1cc2c(cc1O/C=C(\F)C(=O)O)SN(C)CCN2CC(C)(C)C. The van der Waals surface area contributed by atoms with Crippen LogP contribution in [0, 0.1) is 5.41 Å². The molecule has 174 valence electrons. The molecule has 1 heterocycles. The zero-order valence-electron chi connectivity index (χ0n) is 19.2. The highest BCUT2D eigenvalue weighted by Gasteiger charge is 2.25. The van der Waals surface area contributed by atoms with E-state index in [4.69, 9.17) is 9.84 Å². The maximum absolute atomic E-state index is 13.3. The molecule has 1 aliphatic heterocycles. The van der Waals surface area contributed by atoms with Crippen molar-refractivity contribution in [1.82, 2.24) is 4.31 Å². The van der Waals surface area contributed by atoms with E-state index in [1.165, 1.54) is 43.9 Å². The van der Waals surface area contributed by atoms with Crippen molar-refractivity contribution in [1.29, 1.82) is 0 Å². The predicted octanol–water partition coefficient (Wildman–Crippen LogP) is 6.44. The minimum Gasteiger partial charge on any atom is -0.476 e. The third kappa shape index (κ3) is 8.58. The van der Waals surface area contributed by atoms with E-state index in [9.17, 15) is 9.18 Å². The minimum atomic E-state index is -1.64. The Bertz CT molecular complexity index is 769. The molecule has 1 fully saturated rings. The molecule has 1 aromatic rings. The van der Waals surface area contributed by atoms with E-state index in [2.05, 4.69) is 30.0 Å². The van der Waals surface area contributed by atoms with Crippen molar-refractivity contribution in [2.45, 2.75) is 62.7 Å². The molecule has 5 nitrogen and oxygen atoms in total. The van der Waals surface area contributed by atoms with Gasteiger partial charge in [-0.3, -0.25) is 0 Å². The van der Waals surface area contributed by atoms with Gasteiger partial charge in [0.15, 0.2) is 0 Å². The summed E-state index contributed by atoms with van der Waals surface area (Å²) >= 11 is 3.09. The standard InChI is InChI=1S/C18H25FN2O3S2.C5H10/c1-18(2,3)11-21-7-6-20(4)26-15-9-14(16(25-5)8-13(15)21)24-10-12(19)17(22)23;1-2-4-5-3-1/h8-10H,6-7,11H2,1-5H3,(H,22,23);1-5H2/b12-10-;. The number of carboxylic acids is 1. The maximum Gasteiger partial charge on any atom is 0.368 e. The summed E-state index contributed by atoms with van der Waals surface area (Å²) in [5.74, 6) is -2.52. The highest BCUT2D eigenvalue weighted by molar-refractivity contribution is 7.98. The fourth-order valence-electron chi connectivity index (χ4n) is 3.48. The van der Waals surface area contributed by atoms with Gasteiger partial charge in [0, 0.05) is 19.6 Å². The van der Waals surface area contributed by atoms with Gasteiger partial charge >= 0.3 is 5.97 Å². The van der Waals surface area contributed by atoms with Crippen molar-refractivity contribution in [3.05, 3.63) is 24.2 Å². The largest absolute Gasteiger partial charge is 0.476 e. The lowest BCUT2D eigenvalue weighted by Crippen LogP contribution is -2.35. The first-order valence-electron chi connectivity index (χ1n) is 10.7. The summed E-state index contributed by atoms with van der Waals surface area (Å²) in [4.78, 5) is 14.8. The summed E-state index contributed by atoms with van der Waals surface area (Å²) in [5, 5.41) is 8.65. The van der Waals surface area contributed by atoms with Crippen LogP contribution >= 0.6 is 23.7 Å². The molecule has 0 unspecified atom stereocenters. The Balaban J connectivity index is 0.000000597. The first kappa shape index (κ1) is 25.9. The summed E-state index contributed by atoms with van der Waals surface area (Å²) in [6.07, 6.45) is 10.1. The number of carbonyl (C=O) groups is 1. The molecule has 0 atom stereocenters. The first-order chi connectivity index (χ1) is 14.6. The molecule has 0 saturated heterocycles. The van der Waals surface area contributed by atoms with Crippen LogP contribution in [-0.2, 0) is 4.79 Å². The van der Waals surface area contributed by atoms with Crippen molar-refractivity contribution in [2.24, 2.45) is 5.41 Å². The molecule has 0 bridgehead atoms. The van der Waals surface area contributed by atoms with Gasteiger partial charge in [-0.2, -0.15) is 4.39 Å². The molecule has 1 N–H and O–H groups in total. The lowest BCUT2D eigenvalue weighted by atomic mass is 9.95. The lowest BCUT2D eigenvalue weighted by molar-refractivity contribution is -0.134. The summed E-state index contributed by atoms with van der Waals surface area (Å²) in [7, 11) is 2.03. The number of anilines is 1. The smallest absolute Gasteiger partial charge is 0.368 e. The second-order valence-corrected chi connectivity index (χ2v) is 11.1. The quantitative estimate of drug-likeness (QED) is 0.230. The molecule has 0 amide bonds. The van der Waals surface area contributed by atoms with E-state index >= 15 is 0 Å². The van der Waals surface area contributed by atoms with Crippen LogP contribution in [0.25, 0.3) is 0 Å². The zero-order chi connectivity index (χ0) is 23.0. The number of hydrogen-bond donors (Lipinski definition) is 1. The normalized spacial score (nSPS) is 17.5. The molecule has 0 aromatic heterocycles. The van der Waals surface area contributed by atoms with Gasteiger partial charge in [-0.1, -0.05) is 52.9 Å². The van der Waals surface area contributed by atoms with E-state index in [1.54, 1.807) is 11.9 Å². The van der Waals surface area contributed by atoms with Crippen molar-refractivity contribution in [2.75, 3.05) is 37.8 Å². The number of ether oxygens (including phenoxy) is 1. The maximum atomic E-state index is 13.3. The van der Waals surface area contributed by atoms with E-state index < -0.39 is 11.8 Å². The van der Waals surface area contributed by atoms with Crippen molar-refractivity contribution >= 4 is 35.4 Å².